The summed E-state index contributed by atoms with van der Waals surface area (Å²) in [6.07, 6.45) is 3.58. The molecule has 1 aliphatic heterocycles. The number of halogens is 1. The van der Waals surface area contributed by atoms with Gasteiger partial charge in [0.25, 0.3) is 0 Å². The lowest BCUT2D eigenvalue weighted by molar-refractivity contribution is 0.190. The van der Waals surface area contributed by atoms with E-state index in [-0.39, 0.29) is 12.1 Å². The molecule has 2 N–H and O–H groups in total. The number of piperidine rings is 1. The largest absolute Gasteiger partial charge is 0.338 e. The molecule has 1 aromatic carbocycles. The average Bonchev–Trinajstić information content (AvgIpc) is 2.53. The second-order valence-electron chi connectivity index (χ2n) is 6.52. The molecule has 0 spiro atoms. The first kappa shape index (κ1) is 18.1. The lowest BCUT2D eigenvalue weighted by atomic mass is 9.99. The van der Waals surface area contributed by atoms with Crippen LogP contribution in [0.15, 0.2) is 24.3 Å². The maximum Gasteiger partial charge on any atom is 0.315 e. The monoisotopic (exact) mass is 337 g/mol. The fraction of sp³-hybridized carbons (Fsp3) is 0.611. The van der Waals surface area contributed by atoms with Crippen LogP contribution in [-0.4, -0.2) is 37.1 Å². The zero-order valence-corrected chi connectivity index (χ0v) is 14.9. The van der Waals surface area contributed by atoms with E-state index >= 15 is 0 Å². The summed E-state index contributed by atoms with van der Waals surface area (Å²) in [6, 6.07) is 7.35. The topological polar surface area (TPSA) is 44.4 Å². The van der Waals surface area contributed by atoms with E-state index in [1.807, 2.05) is 31.2 Å². The van der Waals surface area contributed by atoms with Crippen molar-refractivity contribution < 1.29 is 4.79 Å². The Bertz CT molecular complexity index is 501. The Morgan fingerprint density at radius 3 is 2.74 bits per heavy atom. The summed E-state index contributed by atoms with van der Waals surface area (Å²) in [5.41, 5.74) is 0.937. The number of urea groups is 1. The number of hydrogen-bond donors (Lipinski definition) is 2. The van der Waals surface area contributed by atoms with E-state index in [0.717, 1.165) is 24.4 Å². The first-order chi connectivity index (χ1) is 11.1. The van der Waals surface area contributed by atoms with E-state index in [2.05, 4.69) is 22.5 Å². The number of likely N-dealkylation sites (tertiary alicyclic amines) is 1. The minimum Gasteiger partial charge on any atom is -0.338 e. The number of carbonyl (C=O) groups is 1. The van der Waals surface area contributed by atoms with Crippen molar-refractivity contribution in [3.63, 3.8) is 0 Å². The summed E-state index contributed by atoms with van der Waals surface area (Å²) in [7, 11) is 0. The van der Waals surface area contributed by atoms with Gasteiger partial charge in [-0.1, -0.05) is 36.7 Å². The molecule has 23 heavy (non-hydrogen) atoms. The first-order valence-electron chi connectivity index (χ1n) is 8.57. The SMILES string of the molecule is CC1CCN(CCCNC(=O)NC(C)c2ccccc2Cl)CC1. The van der Waals surface area contributed by atoms with E-state index in [9.17, 15) is 4.79 Å². The van der Waals surface area contributed by atoms with Gasteiger partial charge in [-0.15, -0.1) is 0 Å². The number of amides is 2. The zero-order valence-electron chi connectivity index (χ0n) is 14.1. The van der Waals surface area contributed by atoms with Crippen LogP contribution in [0.25, 0.3) is 0 Å². The van der Waals surface area contributed by atoms with Crippen molar-refractivity contribution in [2.24, 2.45) is 5.92 Å². The molecule has 4 nitrogen and oxygen atoms in total. The van der Waals surface area contributed by atoms with Gasteiger partial charge in [-0.2, -0.15) is 0 Å². The third-order valence-corrected chi connectivity index (χ3v) is 4.88. The molecule has 1 aliphatic rings. The Balaban J connectivity index is 1.62. The molecule has 2 rings (SSSR count). The van der Waals surface area contributed by atoms with Gasteiger partial charge in [0.15, 0.2) is 0 Å². The van der Waals surface area contributed by atoms with Gasteiger partial charge >= 0.3 is 6.03 Å². The van der Waals surface area contributed by atoms with Gasteiger partial charge in [0, 0.05) is 11.6 Å². The minimum atomic E-state index is -0.135. The van der Waals surface area contributed by atoms with Crippen LogP contribution in [0.1, 0.15) is 44.7 Å². The minimum absolute atomic E-state index is 0.104. The second kappa shape index (κ2) is 9.14. The van der Waals surface area contributed by atoms with Gasteiger partial charge in [0.2, 0.25) is 0 Å². The Labute approximate surface area is 144 Å². The van der Waals surface area contributed by atoms with Crippen molar-refractivity contribution in [1.82, 2.24) is 15.5 Å². The summed E-state index contributed by atoms with van der Waals surface area (Å²) < 4.78 is 0. The van der Waals surface area contributed by atoms with E-state index in [0.29, 0.717) is 11.6 Å². The highest BCUT2D eigenvalue weighted by Gasteiger charge is 2.15. The fourth-order valence-electron chi connectivity index (χ4n) is 2.94. The lowest BCUT2D eigenvalue weighted by Gasteiger charge is -2.30. The number of benzene rings is 1. The van der Waals surface area contributed by atoms with E-state index in [4.69, 9.17) is 11.6 Å². The molecular weight excluding hydrogens is 310 g/mol. The predicted molar refractivity (Wildman–Crippen MR) is 95.9 cm³/mol. The Morgan fingerprint density at radius 1 is 1.35 bits per heavy atom. The number of nitrogens with zero attached hydrogens (tertiary/aromatic N) is 1. The quantitative estimate of drug-likeness (QED) is 0.775. The summed E-state index contributed by atoms with van der Waals surface area (Å²) in [4.78, 5) is 14.4. The highest BCUT2D eigenvalue weighted by Crippen LogP contribution is 2.21. The predicted octanol–water partition coefficient (Wildman–Crippen LogP) is 3.82. The molecule has 0 bridgehead atoms. The Morgan fingerprint density at radius 2 is 2.04 bits per heavy atom. The Hall–Kier alpha value is -1.26. The lowest BCUT2D eigenvalue weighted by Crippen LogP contribution is -2.39. The molecule has 1 heterocycles. The number of hydrogen-bond acceptors (Lipinski definition) is 2. The van der Waals surface area contributed by atoms with Crippen molar-refractivity contribution in [3.8, 4) is 0 Å². The van der Waals surface area contributed by atoms with Crippen molar-refractivity contribution >= 4 is 17.6 Å². The third kappa shape index (κ3) is 6.04. The summed E-state index contributed by atoms with van der Waals surface area (Å²) in [5, 5.41) is 6.54. The van der Waals surface area contributed by atoms with Gasteiger partial charge in [0.05, 0.1) is 6.04 Å². The molecule has 1 unspecified atom stereocenters. The molecule has 0 saturated carbocycles. The van der Waals surface area contributed by atoms with Gasteiger partial charge in [0.1, 0.15) is 0 Å². The van der Waals surface area contributed by atoms with Crippen LogP contribution in [0.3, 0.4) is 0 Å². The molecule has 0 aliphatic carbocycles. The van der Waals surface area contributed by atoms with Gasteiger partial charge in [-0.05, 0) is 63.4 Å². The highest BCUT2D eigenvalue weighted by molar-refractivity contribution is 6.31. The molecular formula is C18H28ClN3O. The molecule has 2 amide bonds. The van der Waals surface area contributed by atoms with Crippen LogP contribution >= 0.6 is 11.6 Å². The van der Waals surface area contributed by atoms with Gasteiger partial charge in [-0.25, -0.2) is 4.79 Å². The zero-order chi connectivity index (χ0) is 16.7. The maximum absolute atomic E-state index is 12.0. The standard InChI is InChI=1S/C18H28ClN3O/c1-14-8-12-22(13-9-14)11-5-10-20-18(23)21-15(2)16-6-3-4-7-17(16)19/h3-4,6-7,14-15H,5,8-13H2,1-2H3,(H2,20,21,23). The number of nitrogens with one attached hydrogen (secondary N) is 2. The molecule has 1 saturated heterocycles. The smallest absolute Gasteiger partial charge is 0.315 e. The average molecular weight is 338 g/mol. The van der Waals surface area contributed by atoms with Crippen molar-refractivity contribution in [1.29, 1.82) is 0 Å². The van der Waals surface area contributed by atoms with Crippen molar-refractivity contribution in [2.75, 3.05) is 26.2 Å². The fourth-order valence-corrected chi connectivity index (χ4v) is 3.24. The Kier molecular flexibility index (Phi) is 7.18. The van der Waals surface area contributed by atoms with Crippen LogP contribution in [0.5, 0.6) is 0 Å². The van der Waals surface area contributed by atoms with Crippen LogP contribution in [0, 0.1) is 5.92 Å². The van der Waals surface area contributed by atoms with E-state index in [1.54, 1.807) is 0 Å². The normalized spacial score (nSPS) is 17.7. The maximum atomic E-state index is 12.0. The molecule has 1 fully saturated rings. The van der Waals surface area contributed by atoms with E-state index < -0.39 is 0 Å². The third-order valence-electron chi connectivity index (χ3n) is 4.53. The summed E-state index contributed by atoms with van der Waals surface area (Å²) >= 11 is 6.15. The molecule has 5 heteroatoms. The number of carbonyl (C=O) groups excluding carboxylic acids is 1. The summed E-state index contributed by atoms with van der Waals surface area (Å²) in [5.74, 6) is 0.862. The molecule has 0 aromatic heterocycles. The van der Waals surface area contributed by atoms with Crippen LogP contribution in [-0.2, 0) is 0 Å². The summed E-state index contributed by atoms with van der Waals surface area (Å²) in [6.45, 7) is 8.41. The van der Waals surface area contributed by atoms with Crippen molar-refractivity contribution in [3.05, 3.63) is 34.9 Å². The van der Waals surface area contributed by atoms with E-state index in [1.165, 1.54) is 25.9 Å². The highest BCUT2D eigenvalue weighted by atomic mass is 35.5. The number of rotatable bonds is 6. The van der Waals surface area contributed by atoms with Crippen LogP contribution < -0.4 is 10.6 Å². The van der Waals surface area contributed by atoms with Crippen LogP contribution in [0.4, 0.5) is 4.79 Å². The molecule has 0 radical (unpaired) electrons. The van der Waals surface area contributed by atoms with Gasteiger partial charge < -0.3 is 15.5 Å². The molecule has 1 aromatic rings. The molecule has 128 valence electrons. The van der Waals surface area contributed by atoms with Crippen molar-refractivity contribution in [2.45, 2.75) is 39.2 Å². The molecule has 1 atom stereocenters. The second-order valence-corrected chi connectivity index (χ2v) is 6.93. The van der Waals surface area contributed by atoms with Gasteiger partial charge in [-0.3, -0.25) is 0 Å². The first-order valence-corrected chi connectivity index (χ1v) is 8.95. The van der Waals surface area contributed by atoms with Crippen LogP contribution in [0.2, 0.25) is 5.02 Å².